The zero-order chi connectivity index (χ0) is 20.9. The standard InChI is InChI=1S/C19H23BrN2O5S/c1-13(14-5-10-17(26-2)18(11-14)27-3)21-19(23)12-22(28(4,24)25)16-8-6-15(20)7-9-16/h5-11,13H,12H2,1-4H3,(H,21,23)/t13-/m0/s1. The van der Waals surface area contributed by atoms with Crippen molar-refractivity contribution in [3.63, 3.8) is 0 Å². The molecular weight excluding hydrogens is 448 g/mol. The van der Waals surface area contributed by atoms with E-state index in [2.05, 4.69) is 21.2 Å². The molecule has 9 heteroatoms. The van der Waals surface area contributed by atoms with Gasteiger partial charge >= 0.3 is 0 Å². The van der Waals surface area contributed by atoms with Crippen molar-refractivity contribution >= 4 is 37.5 Å². The first-order valence-corrected chi connectivity index (χ1v) is 11.0. The van der Waals surface area contributed by atoms with E-state index in [1.807, 2.05) is 13.0 Å². The molecule has 0 aliphatic carbocycles. The van der Waals surface area contributed by atoms with Gasteiger partial charge in [0.25, 0.3) is 0 Å². The predicted molar refractivity (Wildman–Crippen MR) is 112 cm³/mol. The molecule has 0 saturated carbocycles. The molecule has 0 bridgehead atoms. The maximum atomic E-state index is 12.5. The van der Waals surface area contributed by atoms with Gasteiger partial charge in [0, 0.05) is 4.47 Å². The van der Waals surface area contributed by atoms with Gasteiger partial charge in [-0.15, -0.1) is 0 Å². The Morgan fingerprint density at radius 3 is 2.25 bits per heavy atom. The van der Waals surface area contributed by atoms with Crippen molar-refractivity contribution in [2.75, 3.05) is 31.3 Å². The number of halogens is 1. The Kier molecular flexibility index (Phi) is 7.31. The Bertz CT molecular complexity index is 932. The minimum Gasteiger partial charge on any atom is -0.493 e. The van der Waals surface area contributed by atoms with E-state index in [1.165, 1.54) is 7.11 Å². The highest BCUT2D eigenvalue weighted by Gasteiger charge is 2.22. The molecule has 0 aromatic heterocycles. The summed E-state index contributed by atoms with van der Waals surface area (Å²) >= 11 is 3.31. The molecule has 0 heterocycles. The third kappa shape index (κ3) is 5.62. The van der Waals surface area contributed by atoms with Crippen LogP contribution in [-0.4, -0.2) is 41.3 Å². The minimum absolute atomic E-state index is 0.321. The van der Waals surface area contributed by atoms with Gasteiger partial charge in [-0.05, 0) is 48.9 Å². The molecule has 1 atom stereocenters. The number of anilines is 1. The Morgan fingerprint density at radius 1 is 1.11 bits per heavy atom. The summed E-state index contributed by atoms with van der Waals surface area (Å²) in [6.07, 6.45) is 1.07. The van der Waals surface area contributed by atoms with Crippen LogP contribution < -0.4 is 19.1 Å². The van der Waals surface area contributed by atoms with Crippen molar-refractivity contribution in [3.8, 4) is 11.5 Å². The molecule has 2 aromatic rings. The number of ether oxygens (including phenoxy) is 2. The molecule has 1 N–H and O–H groups in total. The molecule has 0 spiro atoms. The smallest absolute Gasteiger partial charge is 0.241 e. The fraction of sp³-hybridized carbons (Fsp3) is 0.316. The number of benzene rings is 2. The molecule has 0 fully saturated rings. The fourth-order valence-electron chi connectivity index (χ4n) is 2.63. The summed E-state index contributed by atoms with van der Waals surface area (Å²) in [6, 6.07) is 11.7. The molecule has 7 nitrogen and oxygen atoms in total. The number of nitrogens with zero attached hydrogens (tertiary/aromatic N) is 1. The lowest BCUT2D eigenvalue weighted by atomic mass is 10.1. The number of carbonyl (C=O) groups excluding carboxylic acids is 1. The van der Waals surface area contributed by atoms with Gasteiger partial charge in [0.1, 0.15) is 6.54 Å². The summed E-state index contributed by atoms with van der Waals surface area (Å²) < 4.78 is 36.7. The lowest BCUT2D eigenvalue weighted by molar-refractivity contribution is -0.120. The highest BCUT2D eigenvalue weighted by molar-refractivity contribution is 9.10. The largest absolute Gasteiger partial charge is 0.493 e. The summed E-state index contributed by atoms with van der Waals surface area (Å²) in [5.41, 5.74) is 1.22. The molecular formula is C19H23BrN2O5S. The van der Waals surface area contributed by atoms with Gasteiger partial charge in [-0.25, -0.2) is 8.42 Å². The van der Waals surface area contributed by atoms with Crippen LogP contribution in [0.15, 0.2) is 46.9 Å². The monoisotopic (exact) mass is 470 g/mol. The maximum Gasteiger partial charge on any atom is 0.241 e. The number of hydrogen-bond acceptors (Lipinski definition) is 5. The van der Waals surface area contributed by atoms with E-state index in [1.54, 1.807) is 43.5 Å². The first kappa shape index (κ1) is 22.0. The van der Waals surface area contributed by atoms with Crippen LogP contribution in [0.4, 0.5) is 5.69 Å². The molecule has 0 saturated heterocycles. The third-order valence-corrected chi connectivity index (χ3v) is 5.76. The van der Waals surface area contributed by atoms with Crippen LogP contribution in [0.1, 0.15) is 18.5 Å². The minimum atomic E-state index is -3.63. The Hall–Kier alpha value is -2.26. The molecule has 0 aliphatic rings. The van der Waals surface area contributed by atoms with E-state index in [0.717, 1.165) is 20.6 Å². The van der Waals surface area contributed by atoms with E-state index in [4.69, 9.17) is 9.47 Å². The normalized spacial score (nSPS) is 12.2. The average Bonchev–Trinajstić information content (AvgIpc) is 2.65. The van der Waals surface area contributed by atoms with Gasteiger partial charge in [-0.3, -0.25) is 9.10 Å². The van der Waals surface area contributed by atoms with Crippen molar-refractivity contribution in [1.82, 2.24) is 5.32 Å². The molecule has 152 valence electrons. The van der Waals surface area contributed by atoms with Gasteiger partial charge in [0.05, 0.1) is 32.2 Å². The number of amides is 1. The summed E-state index contributed by atoms with van der Waals surface area (Å²) in [7, 11) is -0.544. The van der Waals surface area contributed by atoms with Crippen molar-refractivity contribution in [2.45, 2.75) is 13.0 Å². The topological polar surface area (TPSA) is 84.9 Å². The quantitative estimate of drug-likeness (QED) is 0.640. The van der Waals surface area contributed by atoms with Crippen molar-refractivity contribution < 1.29 is 22.7 Å². The molecule has 1 amide bonds. The lowest BCUT2D eigenvalue weighted by Gasteiger charge is -2.23. The highest BCUT2D eigenvalue weighted by Crippen LogP contribution is 2.30. The van der Waals surface area contributed by atoms with Gasteiger partial charge in [-0.1, -0.05) is 22.0 Å². The molecule has 2 rings (SSSR count). The van der Waals surface area contributed by atoms with Crippen LogP contribution in [-0.2, 0) is 14.8 Å². The van der Waals surface area contributed by atoms with Crippen molar-refractivity contribution in [2.24, 2.45) is 0 Å². The molecule has 28 heavy (non-hydrogen) atoms. The number of nitrogens with one attached hydrogen (secondary N) is 1. The van der Waals surface area contributed by atoms with Crippen LogP contribution in [0.25, 0.3) is 0 Å². The fourth-order valence-corrected chi connectivity index (χ4v) is 3.75. The van der Waals surface area contributed by atoms with Crippen LogP contribution in [0.2, 0.25) is 0 Å². The summed E-state index contributed by atoms with van der Waals surface area (Å²) in [4.78, 5) is 12.5. The number of sulfonamides is 1. The summed E-state index contributed by atoms with van der Waals surface area (Å²) in [6.45, 7) is 1.49. The van der Waals surface area contributed by atoms with Gasteiger partial charge in [-0.2, -0.15) is 0 Å². The first-order valence-electron chi connectivity index (χ1n) is 8.40. The van der Waals surface area contributed by atoms with Crippen molar-refractivity contribution in [3.05, 3.63) is 52.5 Å². The number of rotatable bonds is 8. The van der Waals surface area contributed by atoms with Crippen molar-refractivity contribution in [1.29, 1.82) is 0 Å². The van der Waals surface area contributed by atoms with Gasteiger partial charge in [0.15, 0.2) is 11.5 Å². The predicted octanol–water partition coefficient (Wildman–Crippen LogP) is 3.11. The Morgan fingerprint density at radius 2 is 1.71 bits per heavy atom. The van der Waals surface area contributed by atoms with Crippen LogP contribution in [0.5, 0.6) is 11.5 Å². The number of carbonyl (C=O) groups is 1. The molecule has 0 unspecified atom stereocenters. The molecule has 0 aliphatic heterocycles. The third-order valence-electron chi connectivity index (χ3n) is 4.09. The summed E-state index contributed by atoms with van der Waals surface area (Å²) in [5.74, 6) is 0.715. The second-order valence-corrected chi connectivity index (χ2v) is 8.97. The molecule has 2 aromatic carbocycles. The second-order valence-electron chi connectivity index (χ2n) is 6.15. The zero-order valence-corrected chi connectivity index (χ0v) is 18.5. The number of methoxy groups -OCH3 is 2. The van der Waals surface area contributed by atoms with E-state index < -0.39 is 15.9 Å². The van der Waals surface area contributed by atoms with Crippen LogP contribution in [0.3, 0.4) is 0 Å². The average molecular weight is 471 g/mol. The SMILES string of the molecule is COc1ccc([C@H](C)NC(=O)CN(c2ccc(Br)cc2)S(C)(=O)=O)cc1OC. The number of hydrogen-bond donors (Lipinski definition) is 1. The maximum absolute atomic E-state index is 12.5. The van der Waals surface area contributed by atoms with Gasteiger partial charge in [0.2, 0.25) is 15.9 Å². The van der Waals surface area contributed by atoms with E-state index >= 15 is 0 Å². The summed E-state index contributed by atoms with van der Waals surface area (Å²) in [5, 5.41) is 2.82. The van der Waals surface area contributed by atoms with E-state index in [-0.39, 0.29) is 12.6 Å². The molecule has 0 radical (unpaired) electrons. The second kappa shape index (κ2) is 9.29. The van der Waals surface area contributed by atoms with E-state index in [9.17, 15) is 13.2 Å². The van der Waals surface area contributed by atoms with Crippen LogP contribution >= 0.6 is 15.9 Å². The highest BCUT2D eigenvalue weighted by atomic mass is 79.9. The van der Waals surface area contributed by atoms with Crippen LogP contribution in [0, 0.1) is 0 Å². The lowest BCUT2D eigenvalue weighted by Crippen LogP contribution is -2.41. The Balaban J connectivity index is 2.15. The first-order chi connectivity index (χ1) is 13.2. The van der Waals surface area contributed by atoms with E-state index in [0.29, 0.717) is 17.2 Å². The van der Waals surface area contributed by atoms with Gasteiger partial charge < -0.3 is 14.8 Å². The zero-order valence-electron chi connectivity index (χ0n) is 16.1. The Labute approximate surface area is 173 Å².